The van der Waals surface area contributed by atoms with Crippen LogP contribution >= 0.6 is 0 Å². The van der Waals surface area contributed by atoms with Gasteiger partial charge in [0.25, 0.3) is 5.91 Å². The number of fused-ring (bicyclic) bond motifs is 1. The van der Waals surface area contributed by atoms with E-state index >= 15 is 0 Å². The molecule has 5 heteroatoms. The molecule has 3 N–H and O–H groups in total. The van der Waals surface area contributed by atoms with Crippen molar-refractivity contribution < 1.29 is 9.90 Å². The second kappa shape index (κ2) is 5.22. The zero-order chi connectivity index (χ0) is 15.1. The summed E-state index contributed by atoms with van der Waals surface area (Å²) in [6, 6.07) is 5.45. The highest BCUT2D eigenvalue weighted by molar-refractivity contribution is 5.96. The first kappa shape index (κ1) is 14.2. The van der Waals surface area contributed by atoms with Crippen LogP contribution in [0, 0.1) is 11.8 Å². The highest BCUT2D eigenvalue weighted by Gasteiger charge is 2.42. The van der Waals surface area contributed by atoms with Crippen molar-refractivity contribution in [1.82, 2.24) is 4.90 Å². The van der Waals surface area contributed by atoms with Gasteiger partial charge in [-0.3, -0.25) is 4.79 Å². The van der Waals surface area contributed by atoms with Crippen LogP contribution in [0.2, 0.25) is 0 Å². The maximum absolute atomic E-state index is 12.1. The summed E-state index contributed by atoms with van der Waals surface area (Å²) in [6.07, 6.45) is 1.81. The third kappa shape index (κ3) is 2.46. The molecule has 2 fully saturated rings. The molecule has 1 heterocycles. The van der Waals surface area contributed by atoms with Crippen LogP contribution in [0.25, 0.3) is 0 Å². The Bertz CT molecular complexity index is 558. The number of nitrogen functional groups attached to an aromatic ring is 1. The number of nitrogens with zero attached hydrogens (tertiary/aromatic N) is 2. The highest BCUT2D eigenvalue weighted by Crippen LogP contribution is 2.41. The Labute approximate surface area is 125 Å². The zero-order valence-electron chi connectivity index (χ0n) is 12.6. The van der Waals surface area contributed by atoms with E-state index in [1.807, 2.05) is 6.07 Å². The summed E-state index contributed by atoms with van der Waals surface area (Å²) >= 11 is 0. The lowest BCUT2D eigenvalue weighted by Gasteiger charge is -2.23. The Balaban J connectivity index is 1.85. The van der Waals surface area contributed by atoms with E-state index in [0.717, 1.165) is 31.6 Å². The number of hydrogen-bond acceptors (Lipinski definition) is 4. The maximum atomic E-state index is 12.1. The van der Waals surface area contributed by atoms with E-state index in [-0.39, 0.29) is 12.0 Å². The van der Waals surface area contributed by atoms with Gasteiger partial charge in [-0.05, 0) is 37.0 Å². The van der Waals surface area contributed by atoms with Gasteiger partial charge in [-0.1, -0.05) is 0 Å². The van der Waals surface area contributed by atoms with E-state index in [4.69, 9.17) is 5.73 Å². The molecule has 5 nitrogen and oxygen atoms in total. The molecule has 1 amide bonds. The van der Waals surface area contributed by atoms with Gasteiger partial charge < -0.3 is 20.6 Å². The molecule has 2 aliphatic rings. The number of carbonyl (C=O) groups is 1. The predicted molar refractivity (Wildman–Crippen MR) is 83.3 cm³/mol. The minimum Gasteiger partial charge on any atom is -0.397 e. The zero-order valence-corrected chi connectivity index (χ0v) is 12.6. The van der Waals surface area contributed by atoms with Crippen LogP contribution < -0.4 is 10.6 Å². The van der Waals surface area contributed by atoms with Gasteiger partial charge in [0.2, 0.25) is 0 Å². The molecule has 1 aliphatic carbocycles. The normalized spacial score (nSPS) is 27.8. The van der Waals surface area contributed by atoms with E-state index in [1.165, 1.54) is 0 Å². The van der Waals surface area contributed by atoms with Gasteiger partial charge in [0.1, 0.15) is 0 Å². The predicted octanol–water partition coefficient (Wildman–Crippen LogP) is 1.18. The second-order valence-electron chi connectivity index (χ2n) is 6.45. The third-order valence-corrected chi connectivity index (χ3v) is 4.84. The topological polar surface area (TPSA) is 69.8 Å². The fourth-order valence-electron chi connectivity index (χ4n) is 3.64. The molecule has 0 aromatic heterocycles. The molecule has 0 radical (unpaired) electrons. The van der Waals surface area contributed by atoms with Gasteiger partial charge in [0.05, 0.1) is 17.5 Å². The molecule has 0 bridgehead atoms. The molecule has 1 aliphatic heterocycles. The minimum atomic E-state index is -0.187. The Morgan fingerprint density at radius 3 is 2.76 bits per heavy atom. The molecule has 3 rings (SSSR count). The minimum absolute atomic E-state index is 0.0179. The quantitative estimate of drug-likeness (QED) is 0.802. The second-order valence-corrected chi connectivity index (χ2v) is 6.45. The van der Waals surface area contributed by atoms with Crippen LogP contribution in [-0.2, 0) is 0 Å². The van der Waals surface area contributed by atoms with Crippen molar-refractivity contribution in [3.05, 3.63) is 23.8 Å². The summed E-state index contributed by atoms with van der Waals surface area (Å²) in [6.45, 7) is 1.75. The van der Waals surface area contributed by atoms with Gasteiger partial charge >= 0.3 is 0 Å². The van der Waals surface area contributed by atoms with E-state index < -0.39 is 0 Å². The molecule has 114 valence electrons. The number of carbonyl (C=O) groups excluding carboxylic acids is 1. The molecule has 1 saturated heterocycles. The first-order chi connectivity index (χ1) is 9.97. The van der Waals surface area contributed by atoms with Crippen molar-refractivity contribution in [3.8, 4) is 0 Å². The Morgan fingerprint density at radius 1 is 1.33 bits per heavy atom. The third-order valence-electron chi connectivity index (χ3n) is 4.84. The number of anilines is 2. The van der Waals surface area contributed by atoms with Gasteiger partial charge in [-0.15, -0.1) is 0 Å². The molecule has 3 atom stereocenters. The highest BCUT2D eigenvalue weighted by atomic mass is 16.3. The molecule has 1 saturated carbocycles. The summed E-state index contributed by atoms with van der Waals surface area (Å²) in [7, 11) is 3.49. The van der Waals surface area contributed by atoms with Crippen molar-refractivity contribution >= 4 is 17.3 Å². The van der Waals surface area contributed by atoms with Crippen molar-refractivity contribution in [3.63, 3.8) is 0 Å². The Kier molecular flexibility index (Phi) is 3.53. The smallest absolute Gasteiger partial charge is 0.253 e. The fraction of sp³-hybridized carbons (Fsp3) is 0.562. The number of aliphatic hydroxyl groups excluding tert-OH is 1. The van der Waals surface area contributed by atoms with Gasteiger partial charge in [-0.25, -0.2) is 0 Å². The molecule has 1 aromatic rings. The summed E-state index contributed by atoms with van der Waals surface area (Å²) < 4.78 is 0. The van der Waals surface area contributed by atoms with Crippen LogP contribution in [0.1, 0.15) is 23.2 Å². The number of aliphatic hydroxyl groups is 1. The standard InChI is InChI=1S/C16H23N3O2/c1-18(2)16(21)10-3-5-13(17)14(7-10)19-8-11-4-6-15(20)12(11)9-19/h3,5,7,11-12,15,20H,4,6,8-9,17H2,1-2H3. The molecular weight excluding hydrogens is 266 g/mol. The first-order valence-electron chi connectivity index (χ1n) is 7.51. The first-order valence-corrected chi connectivity index (χ1v) is 7.51. The lowest BCUT2D eigenvalue weighted by molar-refractivity contribution is 0.0827. The fourth-order valence-corrected chi connectivity index (χ4v) is 3.64. The number of hydrogen-bond donors (Lipinski definition) is 2. The van der Waals surface area contributed by atoms with Gasteiger partial charge in [-0.2, -0.15) is 0 Å². The molecule has 0 spiro atoms. The van der Waals surface area contributed by atoms with Gasteiger partial charge in [0, 0.05) is 38.7 Å². The number of benzene rings is 1. The monoisotopic (exact) mass is 289 g/mol. The number of rotatable bonds is 2. The molecule has 3 unspecified atom stereocenters. The summed E-state index contributed by atoms with van der Waals surface area (Å²) in [5.41, 5.74) is 8.37. The number of amides is 1. The average molecular weight is 289 g/mol. The Hall–Kier alpha value is -1.75. The van der Waals surface area contributed by atoms with Crippen molar-refractivity contribution in [2.45, 2.75) is 18.9 Å². The molecule has 21 heavy (non-hydrogen) atoms. The molecular formula is C16H23N3O2. The van der Waals surface area contributed by atoms with Crippen molar-refractivity contribution in [2.24, 2.45) is 11.8 Å². The van der Waals surface area contributed by atoms with Crippen LogP contribution in [0.4, 0.5) is 11.4 Å². The van der Waals surface area contributed by atoms with Crippen LogP contribution in [0.15, 0.2) is 18.2 Å². The molecule has 1 aromatic carbocycles. The van der Waals surface area contributed by atoms with E-state index in [1.54, 1.807) is 31.1 Å². The average Bonchev–Trinajstić information content (AvgIpc) is 3.01. The Morgan fingerprint density at radius 2 is 2.10 bits per heavy atom. The van der Waals surface area contributed by atoms with E-state index in [0.29, 0.717) is 23.1 Å². The summed E-state index contributed by atoms with van der Waals surface area (Å²) in [4.78, 5) is 15.9. The SMILES string of the molecule is CN(C)C(=O)c1ccc(N)c(N2CC3CCC(O)C3C2)c1. The number of nitrogens with two attached hydrogens (primary N) is 1. The van der Waals surface area contributed by atoms with Crippen LogP contribution in [-0.4, -0.2) is 49.2 Å². The lowest BCUT2D eigenvalue weighted by atomic mass is 10.00. The summed E-state index contributed by atoms with van der Waals surface area (Å²) in [5, 5.41) is 10.0. The lowest BCUT2D eigenvalue weighted by Crippen LogP contribution is -2.26. The van der Waals surface area contributed by atoms with E-state index in [9.17, 15) is 9.90 Å². The van der Waals surface area contributed by atoms with Crippen molar-refractivity contribution in [1.29, 1.82) is 0 Å². The maximum Gasteiger partial charge on any atom is 0.253 e. The van der Waals surface area contributed by atoms with Gasteiger partial charge in [0.15, 0.2) is 0 Å². The largest absolute Gasteiger partial charge is 0.397 e. The van der Waals surface area contributed by atoms with Crippen molar-refractivity contribution in [2.75, 3.05) is 37.8 Å². The van der Waals surface area contributed by atoms with Crippen LogP contribution in [0.3, 0.4) is 0 Å². The summed E-state index contributed by atoms with van der Waals surface area (Å²) in [5.74, 6) is 0.876. The van der Waals surface area contributed by atoms with Crippen LogP contribution in [0.5, 0.6) is 0 Å². The van der Waals surface area contributed by atoms with E-state index in [2.05, 4.69) is 4.90 Å².